The first-order chi connectivity index (χ1) is 9.22. The van der Waals surface area contributed by atoms with Gasteiger partial charge in [0.25, 0.3) is 0 Å². The van der Waals surface area contributed by atoms with Crippen molar-refractivity contribution in [2.75, 3.05) is 26.3 Å². The molecule has 0 aromatic rings. The van der Waals surface area contributed by atoms with Crippen molar-refractivity contribution >= 4 is 0 Å². The zero-order chi connectivity index (χ0) is 13.9. The molecule has 1 aliphatic rings. The van der Waals surface area contributed by atoms with Crippen molar-refractivity contribution in [2.24, 2.45) is 11.8 Å². The number of aliphatic hydroxyl groups is 1. The second-order valence-corrected chi connectivity index (χ2v) is 6.23. The third-order valence-electron chi connectivity index (χ3n) is 4.07. The van der Waals surface area contributed by atoms with Gasteiger partial charge in [-0.15, -0.1) is 0 Å². The number of aliphatic hydroxyl groups excluding tert-OH is 1. The molecule has 3 atom stereocenters. The van der Waals surface area contributed by atoms with E-state index in [9.17, 15) is 5.11 Å². The number of hydrogen-bond acceptors (Lipinski definition) is 3. The standard InChI is InChI=1S/C16H33NO2/c1-3-4-5-6-9-19-13-16(18)12-17-11-15-8-7-14(2)10-15/h14-18H,3-13H2,1-2H3. The SMILES string of the molecule is CCCCCCOCC(O)CNCC1CCC(C)C1. The number of unbranched alkanes of at least 4 members (excludes halogenated alkanes) is 3. The fourth-order valence-electron chi connectivity index (χ4n) is 2.87. The third-order valence-corrected chi connectivity index (χ3v) is 4.07. The fraction of sp³-hybridized carbons (Fsp3) is 1.00. The Morgan fingerprint density at radius 1 is 1.26 bits per heavy atom. The van der Waals surface area contributed by atoms with Crippen molar-refractivity contribution in [3.63, 3.8) is 0 Å². The predicted octanol–water partition coefficient (Wildman–Crippen LogP) is 2.97. The molecule has 0 heterocycles. The highest BCUT2D eigenvalue weighted by atomic mass is 16.5. The molecule has 1 fully saturated rings. The summed E-state index contributed by atoms with van der Waals surface area (Å²) < 4.78 is 5.49. The van der Waals surface area contributed by atoms with E-state index in [2.05, 4.69) is 19.2 Å². The largest absolute Gasteiger partial charge is 0.389 e. The molecular formula is C16H33NO2. The zero-order valence-electron chi connectivity index (χ0n) is 12.9. The molecule has 0 amide bonds. The number of rotatable bonds is 11. The Labute approximate surface area is 119 Å². The van der Waals surface area contributed by atoms with Crippen LogP contribution in [0.4, 0.5) is 0 Å². The minimum Gasteiger partial charge on any atom is -0.389 e. The zero-order valence-corrected chi connectivity index (χ0v) is 12.9. The second kappa shape index (κ2) is 10.6. The molecule has 0 radical (unpaired) electrons. The maximum Gasteiger partial charge on any atom is 0.0897 e. The predicted molar refractivity (Wildman–Crippen MR) is 80.3 cm³/mol. The molecule has 0 saturated heterocycles. The maximum atomic E-state index is 9.79. The van der Waals surface area contributed by atoms with Crippen LogP contribution < -0.4 is 5.32 Å². The Morgan fingerprint density at radius 2 is 2.11 bits per heavy atom. The van der Waals surface area contributed by atoms with E-state index in [1.165, 1.54) is 38.5 Å². The fourth-order valence-corrected chi connectivity index (χ4v) is 2.87. The van der Waals surface area contributed by atoms with E-state index in [0.717, 1.165) is 31.4 Å². The van der Waals surface area contributed by atoms with Crippen molar-refractivity contribution in [3.8, 4) is 0 Å². The van der Waals surface area contributed by atoms with Crippen LogP contribution in [0.5, 0.6) is 0 Å². The molecule has 0 spiro atoms. The van der Waals surface area contributed by atoms with Gasteiger partial charge in [0, 0.05) is 13.2 Å². The molecule has 2 N–H and O–H groups in total. The van der Waals surface area contributed by atoms with Gasteiger partial charge in [0.1, 0.15) is 0 Å². The summed E-state index contributed by atoms with van der Waals surface area (Å²) in [6, 6.07) is 0. The monoisotopic (exact) mass is 271 g/mol. The second-order valence-electron chi connectivity index (χ2n) is 6.23. The number of hydrogen-bond donors (Lipinski definition) is 2. The van der Waals surface area contributed by atoms with Crippen molar-refractivity contribution < 1.29 is 9.84 Å². The topological polar surface area (TPSA) is 41.5 Å². The minimum absolute atomic E-state index is 0.356. The lowest BCUT2D eigenvalue weighted by Crippen LogP contribution is -2.33. The molecule has 19 heavy (non-hydrogen) atoms. The number of ether oxygens (including phenoxy) is 1. The summed E-state index contributed by atoms with van der Waals surface area (Å²) in [5, 5.41) is 13.2. The molecule has 1 saturated carbocycles. The van der Waals surface area contributed by atoms with Gasteiger partial charge in [-0.1, -0.05) is 39.5 Å². The van der Waals surface area contributed by atoms with E-state index in [4.69, 9.17) is 4.74 Å². The van der Waals surface area contributed by atoms with Gasteiger partial charge in [0.2, 0.25) is 0 Å². The Balaban J connectivity index is 1.86. The van der Waals surface area contributed by atoms with Crippen LogP contribution in [-0.4, -0.2) is 37.5 Å². The summed E-state index contributed by atoms with van der Waals surface area (Å²) in [4.78, 5) is 0. The summed E-state index contributed by atoms with van der Waals surface area (Å²) in [6.45, 7) is 7.53. The Bertz CT molecular complexity index is 211. The average molecular weight is 271 g/mol. The highest BCUT2D eigenvalue weighted by molar-refractivity contribution is 4.74. The highest BCUT2D eigenvalue weighted by Crippen LogP contribution is 2.29. The van der Waals surface area contributed by atoms with Crippen LogP contribution in [0.3, 0.4) is 0 Å². The molecule has 1 rings (SSSR count). The molecule has 3 unspecified atom stereocenters. The summed E-state index contributed by atoms with van der Waals surface area (Å²) in [5.74, 6) is 1.71. The van der Waals surface area contributed by atoms with Crippen LogP contribution in [0.25, 0.3) is 0 Å². The molecular weight excluding hydrogens is 238 g/mol. The quantitative estimate of drug-likeness (QED) is 0.568. The third kappa shape index (κ3) is 8.61. The van der Waals surface area contributed by atoms with E-state index in [-0.39, 0.29) is 6.10 Å². The van der Waals surface area contributed by atoms with E-state index in [1.54, 1.807) is 0 Å². The van der Waals surface area contributed by atoms with E-state index >= 15 is 0 Å². The first kappa shape index (κ1) is 16.9. The summed E-state index contributed by atoms with van der Waals surface area (Å²) in [5.41, 5.74) is 0. The summed E-state index contributed by atoms with van der Waals surface area (Å²) >= 11 is 0. The Kier molecular flexibility index (Phi) is 9.48. The molecule has 0 aromatic heterocycles. The van der Waals surface area contributed by atoms with Crippen LogP contribution in [-0.2, 0) is 4.74 Å². The van der Waals surface area contributed by atoms with Crippen LogP contribution in [0.2, 0.25) is 0 Å². The Morgan fingerprint density at radius 3 is 2.79 bits per heavy atom. The summed E-state index contributed by atoms with van der Waals surface area (Å²) in [7, 11) is 0. The van der Waals surface area contributed by atoms with Crippen LogP contribution in [0.15, 0.2) is 0 Å². The summed E-state index contributed by atoms with van der Waals surface area (Å²) in [6.07, 6.45) is 8.61. The lowest BCUT2D eigenvalue weighted by Gasteiger charge is -2.15. The van der Waals surface area contributed by atoms with Gasteiger partial charge in [-0.05, 0) is 37.6 Å². The van der Waals surface area contributed by atoms with Crippen LogP contribution in [0, 0.1) is 11.8 Å². The van der Waals surface area contributed by atoms with E-state index < -0.39 is 0 Å². The minimum atomic E-state index is -0.356. The van der Waals surface area contributed by atoms with Crippen molar-refractivity contribution in [1.29, 1.82) is 0 Å². The first-order valence-electron chi connectivity index (χ1n) is 8.18. The van der Waals surface area contributed by atoms with Gasteiger partial charge in [-0.3, -0.25) is 0 Å². The highest BCUT2D eigenvalue weighted by Gasteiger charge is 2.20. The van der Waals surface area contributed by atoms with Gasteiger partial charge < -0.3 is 15.2 Å². The van der Waals surface area contributed by atoms with Crippen molar-refractivity contribution in [1.82, 2.24) is 5.32 Å². The lowest BCUT2D eigenvalue weighted by molar-refractivity contribution is 0.0351. The average Bonchev–Trinajstić information content (AvgIpc) is 2.79. The van der Waals surface area contributed by atoms with Gasteiger partial charge >= 0.3 is 0 Å². The molecule has 0 aliphatic heterocycles. The van der Waals surface area contributed by atoms with E-state index in [1.807, 2.05) is 0 Å². The van der Waals surface area contributed by atoms with E-state index in [0.29, 0.717) is 13.2 Å². The molecule has 114 valence electrons. The molecule has 0 bridgehead atoms. The molecule has 0 aromatic carbocycles. The molecule has 3 nitrogen and oxygen atoms in total. The van der Waals surface area contributed by atoms with Gasteiger partial charge in [-0.25, -0.2) is 0 Å². The Hall–Kier alpha value is -0.120. The normalized spacial score (nSPS) is 24.8. The molecule has 3 heteroatoms. The van der Waals surface area contributed by atoms with Crippen molar-refractivity contribution in [2.45, 2.75) is 64.9 Å². The lowest BCUT2D eigenvalue weighted by atomic mass is 10.1. The van der Waals surface area contributed by atoms with Gasteiger partial charge in [0.05, 0.1) is 12.7 Å². The molecule has 1 aliphatic carbocycles. The first-order valence-corrected chi connectivity index (χ1v) is 8.18. The number of nitrogens with one attached hydrogen (secondary N) is 1. The van der Waals surface area contributed by atoms with Crippen LogP contribution >= 0.6 is 0 Å². The maximum absolute atomic E-state index is 9.79. The van der Waals surface area contributed by atoms with Gasteiger partial charge in [0.15, 0.2) is 0 Å². The smallest absolute Gasteiger partial charge is 0.0897 e. The van der Waals surface area contributed by atoms with Gasteiger partial charge in [-0.2, -0.15) is 0 Å². The van der Waals surface area contributed by atoms with Crippen molar-refractivity contribution in [3.05, 3.63) is 0 Å². The van der Waals surface area contributed by atoms with Crippen LogP contribution in [0.1, 0.15) is 58.8 Å².